The first-order valence-corrected chi connectivity index (χ1v) is 6.87. The molecular weight excluding hydrogens is 251 g/mol. The highest BCUT2D eigenvalue weighted by atomic mass is 35.5. The summed E-state index contributed by atoms with van der Waals surface area (Å²) in [6.07, 6.45) is 2.42. The minimum Gasteiger partial charge on any atom is -0.329 e. The predicted molar refractivity (Wildman–Crippen MR) is 73.1 cm³/mol. The van der Waals surface area contributed by atoms with Crippen molar-refractivity contribution in [2.45, 2.75) is 32.4 Å². The van der Waals surface area contributed by atoms with Gasteiger partial charge in [-0.3, -0.25) is 4.90 Å². The molecule has 1 aromatic carbocycles. The number of hydrogen-bond donors (Lipinski definition) is 1. The maximum atomic E-state index is 13.4. The van der Waals surface area contributed by atoms with Crippen LogP contribution in [0.3, 0.4) is 0 Å². The van der Waals surface area contributed by atoms with Gasteiger partial charge in [0.25, 0.3) is 0 Å². The Balaban J connectivity index is 2.09. The number of benzene rings is 1. The molecule has 100 valence electrons. The summed E-state index contributed by atoms with van der Waals surface area (Å²) >= 11 is 5.69. The molecule has 0 aromatic heterocycles. The van der Waals surface area contributed by atoms with Crippen molar-refractivity contribution >= 4 is 11.6 Å². The molecule has 2 N–H and O–H groups in total. The van der Waals surface area contributed by atoms with Gasteiger partial charge in [0.15, 0.2) is 0 Å². The largest absolute Gasteiger partial charge is 0.329 e. The molecule has 1 aliphatic heterocycles. The zero-order valence-corrected chi connectivity index (χ0v) is 11.5. The molecule has 1 saturated heterocycles. The number of likely N-dealkylation sites (tertiary alicyclic amines) is 1. The summed E-state index contributed by atoms with van der Waals surface area (Å²) in [7, 11) is 0. The molecule has 1 aliphatic rings. The Bertz CT molecular complexity index is 411. The Morgan fingerprint density at radius 3 is 2.94 bits per heavy atom. The van der Waals surface area contributed by atoms with Gasteiger partial charge in [-0.05, 0) is 43.0 Å². The second-order valence-electron chi connectivity index (χ2n) is 5.14. The number of nitrogens with two attached hydrogens (primary N) is 1. The SMILES string of the molecule is CC1CCCN(Cc2ccc(Cl)c(F)c2)C1CN. The Hall–Kier alpha value is -0.640. The zero-order valence-electron chi connectivity index (χ0n) is 10.7. The number of rotatable bonds is 3. The van der Waals surface area contributed by atoms with Gasteiger partial charge in [-0.2, -0.15) is 0 Å². The lowest BCUT2D eigenvalue weighted by Gasteiger charge is -2.39. The third-order valence-electron chi connectivity index (χ3n) is 3.84. The van der Waals surface area contributed by atoms with Crippen molar-refractivity contribution in [1.82, 2.24) is 4.90 Å². The van der Waals surface area contributed by atoms with E-state index in [2.05, 4.69) is 11.8 Å². The van der Waals surface area contributed by atoms with E-state index in [9.17, 15) is 4.39 Å². The summed E-state index contributed by atoms with van der Waals surface area (Å²) in [5.74, 6) is 0.268. The Morgan fingerprint density at radius 2 is 2.28 bits per heavy atom. The molecule has 0 bridgehead atoms. The van der Waals surface area contributed by atoms with E-state index < -0.39 is 0 Å². The van der Waals surface area contributed by atoms with Crippen LogP contribution in [-0.4, -0.2) is 24.0 Å². The van der Waals surface area contributed by atoms with E-state index >= 15 is 0 Å². The molecule has 1 heterocycles. The maximum absolute atomic E-state index is 13.4. The van der Waals surface area contributed by atoms with Crippen molar-refractivity contribution in [2.24, 2.45) is 11.7 Å². The summed E-state index contributed by atoms with van der Waals surface area (Å²) in [5.41, 5.74) is 6.82. The van der Waals surface area contributed by atoms with Crippen LogP contribution < -0.4 is 5.73 Å². The molecule has 1 aromatic rings. The summed E-state index contributed by atoms with van der Waals surface area (Å²) in [4.78, 5) is 2.36. The van der Waals surface area contributed by atoms with Gasteiger partial charge < -0.3 is 5.73 Å². The molecule has 4 heteroatoms. The highest BCUT2D eigenvalue weighted by Gasteiger charge is 2.27. The van der Waals surface area contributed by atoms with Crippen molar-refractivity contribution < 1.29 is 4.39 Å². The van der Waals surface area contributed by atoms with Crippen LogP contribution in [0.1, 0.15) is 25.3 Å². The first kappa shape index (κ1) is 13.8. The third kappa shape index (κ3) is 3.02. The van der Waals surface area contributed by atoms with Crippen molar-refractivity contribution in [1.29, 1.82) is 0 Å². The van der Waals surface area contributed by atoms with Crippen LogP contribution in [0.5, 0.6) is 0 Å². The Kier molecular flexibility index (Phi) is 4.60. The normalized spacial score (nSPS) is 25.3. The molecule has 18 heavy (non-hydrogen) atoms. The van der Waals surface area contributed by atoms with Gasteiger partial charge in [-0.1, -0.05) is 24.6 Å². The number of nitrogens with zero attached hydrogens (tertiary/aromatic N) is 1. The fourth-order valence-corrected chi connectivity index (χ4v) is 2.90. The molecular formula is C14H20ClFN2. The van der Waals surface area contributed by atoms with Crippen LogP contribution in [0, 0.1) is 11.7 Å². The van der Waals surface area contributed by atoms with E-state index in [-0.39, 0.29) is 10.8 Å². The minimum atomic E-state index is -0.344. The standard InChI is InChI=1S/C14H20ClFN2/c1-10-3-2-6-18(14(10)8-17)9-11-4-5-12(15)13(16)7-11/h4-5,7,10,14H,2-3,6,8-9,17H2,1H3. The third-order valence-corrected chi connectivity index (χ3v) is 4.15. The van der Waals surface area contributed by atoms with Crippen molar-refractivity contribution in [3.8, 4) is 0 Å². The lowest BCUT2D eigenvalue weighted by molar-refractivity contribution is 0.0990. The average molecular weight is 271 g/mol. The molecule has 0 radical (unpaired) electrons. The predicted octanol–water partition coefficient (Wildman–Crippen LogP) is 3.04. The second kappa shape index (κ2) is 6.00. The Labute approximate surface area is 113 Å². The first-order chi connectivity index (χ1) is 8.61. The van der Waals surface area contributed by atoms with Gasteiger partial charge in [0, 0.05) is 19.1 Å². The van der Waals surface area contributed by atoms with Crippen molar-refractivity contribution in [3.05, 3.63) is 34.6 Å². The molecule has 0 amide bonds. The van der Waals surface area contributed by atoms with Gasteiger partial charge in [-0.15, -0.1) is 0 Å². The molecule has 1 fully saturated rings. The van der Waals surface area contributed by atoms with E-state index in [0.29, 0.717) is 18.5 Å². The van der Waals surface area contributed by atoms with Crippen LogP contribution in [0.15, 0.2) is 18.2 Å². The van der Waals surface area contributed by atoms with Crippen LogP contribution in [0.25, 0.3) is 0 Å². The summed E-state index contributed by atoms with van der Waals surface area (Å²) in [5, 5.41) is 0.182. The summed E-state index contributed by atoms with van der Waals surface area (Å²) in [6, 6.07) is 5.43. The van der Waals surface area contributed by atoms with E-state index in [0.717, 1.165) is 18.7 Å². The molecule has 0 spiro atoms. The smallest absolute Gasteiger partial charge is 0.142 e. The average Bonchev–Trinajstić information content (AvgIpc) is 2.34. The maximum Gasteiger partial charge on any atom is 0.142 e. The lowest BCUT2D eigenvalue weighted by Crippen LogP contribution is -2.48. The van der Waals surface area contributed by atoms with Gasteiger partial charge in [0.1, 0.15) is 5.82 Å². The van der Waals surface area contributed by atoms with Gasteiger partial charge in [0.2, 0.25) is 0 Å². The van der Waals surface area contributed by atoms with Crippen LogP contribution in [0.4, 0.5) is 4.39 Å². The second-order valence-corrected chi connectivity index (χ2v) is 5.55. The molecule has 0 aliphatic carbocycles. The summed E-state index contributed by atoms with van der Waals surface area (Å²) in [6.45, 7) is 4.69. The van der Waals surface area contributed by atoms with E-state index in [1.54, 1.807) is 6.07 Å². The van der Waals surface area contributed by atoms with Crippen LogP contribution >= 0.6 is 11.6 Å². The van der Waals surface area contributed by atoms with Crippen LogP contribution in [-0.2, 0) is 6.54 Å². The monoisotopic (exact) mass is 270 g/mol. The van der Waals surface area contributed by atoms with E-state index in [1.165, 1.54) is 18.9 Å². The molecule has 0 saturated carbocycles. The minimum absolute atomic E-state index is 0.182. The van der Waals surface area contributed by atoms with Crippen molar-refractivity contribution in [3.63, 3.8) is 0 Å². The molecule has 2 unspecified atom stereocenters. The number of halogens is 2. The number of hydrogen-bond acceptors (Lipinski definition) is 2. The highest BCUT2D eigenvalue weighted by molar-refractivity contribution is 6.30. The molecule has 2 atom stereocenters. The molecule has 2 rings (SSSR count). The fraction of sp³-hybridized carbons (Fsp3) is 0.571. The van der Waals surface area contributed by atoms with Crippen molar-refractivity contribution in [2.75, 3.05) is 13.1 Å². The first-order valence-electron chi connectivity index (χ1n) is 6.50. The van der Waals surface area contributed by atoms with Gasteiger partial charge >= 0.3 is 0 Å². The fourth-order valence-electron chi connectivity index (χ4n) is 2.78. The van der Waals surface area contributed by atoms with E-state index in [4.69, 9.17) is 17.3 Å². The lowest BCUT2D eigenvalue weighted by atomic mass is 9.90. The molecule has 2 nitrogen and oxygen atoms in total. The van der Waals surface area contributed by atoms with Crippen LogP contribution in [0.2, 0.25) is 5.02 Å². The van der Waals surface area contributed by atoms with Gasteiger partial charge in [0.05, 0.1) is 5.02 Å². The Morgan fingerprint density at radius 1 is 1.50 bits per heavy atom. The number of piperidine rings is 1. The van der Waals surface area contributed by atoms with E-state index in [1.807, 2.05) is 6.07 Å². The topological polar surface area (TPSA) is 29.3 Å². The summed E-state index contributed by atoms with van der Waals surface area (Å²) < 4.78 is 13.4. The highest BCUT2D eigenvalue weighted by Crippen LogP contribution is 2.25. The zero-order chi connectivity index (χ0) is 13.1. The quantitative estimate of drug-likeness (QED) is 0.915. The van der Waals surface area contributed by atoms with Gasteiger partial charge in [-0.25, -0.2) is 4.39 Å².